The minimum atomic E-state index is -0.718. The Hall–Kier alpha value is -3.61. The summed E-state index contributed by atoms with van der Waals surface area (Å²) in [5.41, 5.74) is 0.671. The molecule has 2 aliphatic carbocycles. The lowest BCUT2D eigenvalue weighted by Crippen LogP contribution is -2.38. The van der Waals surface area contributed by atoms with Crippen LogP contribution in [0, 0.1) is 11.8 Å². The molecule has 2 fully saturated rings. The summed E-state index contributed by atoms with van der Waals surface area (Å²) in [4.78, 5) is 31.7. The van der Waals surface area contributed by atoms with E-state index in [1.807, 2.05) is 18.2 Å². The Bertz CT molecular complexity index is 1210. The van der Waals surface area contributed by atoms with Crippen molar-refractivity contribution in [1.29, 1.82) is 0 Å². The Morgan fingerprint density at radius 2 is 1.91 bits per heavy atom. The van der Waals surface area contributed by atoms with Gasteiger partial charge in [0.05, 0.1) is 5.56 Å². The second kappa shape index (κ2) is 9.71. The summed E-state index contributed by atoms with van der Waals surface area (Å²) in [5, 5.41) is 10.9. The molecule has 1 aromatic carbocycles. The van der Waals surface area contributed by atoms with Gasteiger partial charge in [0, 0.05) is 36.5 Å². The Morgan fingerprint density at radius 3 is 2.62 bits per heavy atom. The third kappa shape index (κ3) is 4.83. The molecule has 2 saturated carbocycles. The van der Waals surface area contributed by atoms with Crippen LogP contribution >= 0.6 is 0 Å². The Kier molecular flexibility index (Phi) is 6.34. The number of para-hydroxylation sites is 1. The lowest BCUT2D eigenvalue weighted by molar-refractivity contribution is -0.120. The number of ether oxygens (including phenoxy) is 1. The summed E-state index contributed by atoms with van der Waals surface area (Å²) in [6.07, 6.45) is 9.38. The Labute approximate surface area is 198 Å². The van der Waals surface area contributed by atoms with Crippen LogP contribution in [0.1, 0.15) is 44.1 Å². The van der Waals surface area contributed by atoms with Crippen LogP contribution in [-0.4, -0.2) is 22.5 Å². The van der Waals surface area contributed by atoms with Gasteiger partial charge in [0.2, 0.25) is 5.91 Å². The predicted molar refractivity (Wildman–Crippen MR) is 128 cm³/mol. The number of aromatic nitrogens is 1. The van der Waals surface area contributed by atoms with E-state index >= 15 is 0 Å². The molecule has 0 spiro atoms. The Balaban J connectivity index is 1.45. The average molecular weight is 461 g/mol. The topological polar surface area (TPSA) is 92.9 Å². The fourth-order valence-electron chi connectivity index (χ4n) is 4.59. The largest absolute Gasteiger partial charge is 0.505 e. The molecule has 7 heteroatoms. The van der Waals surface area contributed by atoms with Crippen LogP contribution < -0.4 is 15.3 Å². The van der Waals surface area contributed by atoms with Crippen LogP contribution in [0.5, 0.6) is 11.5 Å². The molecule has 2 heterocycles. The van der Waals surface area contributed by atoms with Gasteiger partial charge in [0.15, 0.2) is 11.4 Å². The zero-order valence-electron chi connectivity index (χ0n) is 19.0. The maximum Gasteiger partial charge on any atom is 0.364 e. The van der Waals surface area contributed by atoms with E-state index in [0.29, 0.717) is 30.4 Å². The van der Waals surface area contributed by atoms with Crippen molar-refractivity contribution in [3.63, 3.8) is 0 Å². The van der Waals surface area contributed by atoms with Crippen LogP contribution in [0.3, 0.4) is 0 Å². The average Bonchev–Trinajstić information content (AvgIpc) is 3.58. The molecule has 7 nitrogen and oxygen atoms in total. The molecular formula is C27H28N2O5. The SMILES string of the molecule is O=C(C1CC1)N(CC1CCCC1)c1c(O)cc(-c2ccccc2OCc2cccnc2)oc1=O. The molecule has 0 radical (unpaired) electrons. The summed E-state index contributed by atoms with van der Waals surface area (Å²) >= 11 is 0. The molecule has 2 aromatic heterocycles. The molecule has 0 saturated heterocycles. The minimum Gasteiger partial charge on any atom is -0.505 e. The van der Waals surface area contributed by atoms with Gasteiger partial charge < -0.3 is 19.2 Å². The highest BCUT2D eigenvalue weighted by molar-refractivity contribution is 5.97. The van der Waals surface area contributed by atoms with Gasteiger partial charge in [0.25, 0.3) is 0 Å². The van der Waals surface area contributed by atoms with Crippen molar-refractivity contribution in [3.05, 3.63) is 70.8 Å². The third-order valence-corrected chi connectivity index (χ3v) is 6.55. The summed E-state index contributed by atoms with van der Waals surface area (Å²) in [7, 11) is 0. The van der Waals surface area contributed by atoms with Crippen LogP contribution in [0.25, 0.3) is 11.3 Å². The third-order valence-electron chi connectivity index (χ3n) is 6.55. The zero-order chi connectivity index (χ0) is 23.5. The van der Waals surface area contributed by atoms with Crippen molar-refractivity contribution >= 4 is 11.6 Å². The van der Waals surface area contributed by atoms with E-state index in [4.69, 9.17) is 9.15 Å². The van der Waals surface area contributed by atoms with Crippen LogP contribution in [0.4, 0.5) is 5.69 Å². The number of carbonyl (C=O) groups excluding carboxylic acids is 1. The fourth-order valence-corrected chi connectivity index (χ4v) is 4.59. The van der Waals surface area contributed by atoms with Crippen LogP contribution in [-0.2, 0) is 11.4 Å². The monoisotopic (exact) mass is 460 g/mol. The summed E-state index contributed by atoms with van der Waals surface area (Å²) in [6.45, 7) is 0.738. The quantitative estimate of drug-likeness (QED) is 0.513. The lowest BCUT2D eigenvalue weighted by Gasteiger charge is -2.25. The highest BCUT2D eigenvalue weighted by atomic mass is 16.5. The predicted octanol–water partition coefficient (Wildman–Crippen LogP) is 4.92. The van der Waals surface area contributed by atoms with Gasteiger partial charge in [-0.05, 0) is 49.8 Å². The number of carbonyl (C=O) groups is 1. The van der Waals surface area contributed by atoms with Gasteiger partial charge in [-0.25, -0.2) is 4.79 Å². The number of aromatic hydroxyl groups is 1. The first-order valence-electron chi connectivity index (χ1n) is 11.9. The molecule has 0 aliphatic heterocycles. The first kappa shape index (κ1) is 22.2. The van der Waals surface area contributed by atoms with Gasteiger partial charge in [-0.2, -0.15) is 0 Å². The molecule has 176 valence electrons. The van der Waals surface area contributed by atoms with Crippen molar-refractivity contribution in [2.45, 2.75) is 45.1 Å². The van der Waals surface area contributed by atoms with Gasteiger partial charge >= 0.3 is 5.63 Å². The van der Waals surface area contributed by atoms with E-state index in [2.05, 4.69) is 4.98 Å². The highest BCUT2D eigenvalue weighted by Crippen LogP contribution is 2.38. The van der Waals surface area contributed by atoms with Crippen molar-refractivity contribution in [3.8, 4) is 22.8 Å². The molecule has 0 bridgehead atoms. The van der Waals surface area contributed by atoms with Crippen LogP contribution in [0.15, 0.2) is 64.1 Å². The lowest BCUT2D eigenvalue weighted by atomic mass is 10.1. The van der Waals surface area contributed by atoms with Crippen molar-refractivity contribution in [2.24, 2.45) is 11.8 Å². The maximum absolute atomic E-state index is 13.1. The van der Waals surface area contributed by atoms with Crippen LogP contribution in [0.2, 0.25) is 0 Å². The number of nitrogens with zero attached hydrogens (tertiary/aromatic N) is 2. The number of hydrogen-bond donors (Lipinski definition) is 1. The summed E-state index contributed by atoms with van der Waals surface area (Å²) in [6, 6.07) is 12.3. The van der Waals surface area contributed by atoms with Gasteiger partial charge in [0.1, 0.15) is 18.1 Å². The molecule has 0 unspecified atom stereocenters. The van der Waals surface area contributed by atoms with Crippen molar-refractivity contribution in [1.82, 2.24) is 4.98 Å². The minimum absolute atomic E-state index is 0.0543. The molecule has 1 N–H and O–H groups in total. The normalized spacial score (nSPS) is 15.9. The first-order valence-corrected chi connectivity index (χ1v) is 11.9. The van der Waals surface area contributed by atoms with Gasteiger partial charge in [-0.15, -0.1) is 0 Å². The molecular weight excluding hydrogens is 432 g/mol. The van der Waals surface area contributed by atoms with Gasteiger partial charge in [-0.1, -0.05) is 31.0 Å². The standard InChI is InChI=1S/C27H28N2O5/c30-22-14-24(21-9-3-4-10-23(21)33-17-19-8-5-13-28-15-19)34-27(32)25(22)29(26(31)20-11-12-20)16-18-6-1-2-7-18/h3-5,8-10,13-15,18,20,30H,1-2,6-7,11-12,16-17H2. The number of pyridine rings is 1. The van der Waals surface area contributed by atoms with Gasteiger partial charge in [-0.3, -0.25) is 9.78 Å². The van der Waals surface area contributed by atoms with Crippen molar-refractivity contribution < 1.29 is 19.1 Å². The molecule has 1 amide bonds. The van der Waals surface area contributed by atoms with E-state index in [1.54, 1.807) is 30.6 Å². The summed E-state index contributed by atoms with van der Waals surface area (Å²) in [5.74, 6) is 0.623. The molecule has 0 atom stereocenters. The molecule has 34 heavy (non-hydrogen) atoms. The van der Waals surface area contributed by atoms with E-state index < -0.39 is 5.63 Å². The number of hydrogen-bond acceptors (Lipinski definition) is 6. The second-order valence-electron chi connectivity index (χ2n) is 9.15. The van der Waals surface area contributed by atoms with E-state index in [9.17, 15) is 14.7 Å². The van der Waals surface area contributed by atoms with E-state index in [0.717, 1.165) is 44.1 Å². The summed E-state index contributed by atoms with van der Waals surface area (Å²) < 4.78 is 11.6. The zero-order valence-corrected chi connectivity index (χ0v) is 19.0. The van der Waals surface area contributed by atoms with E-state index in [-0.39, 0.29) is 29.0 Å². The number of anilines is 1. The molecule has 2 aliphatic rings. The smallest absolute Gasteiger partial charge is 0.364 e. The number of benzene rings is 1. The first-order chi connectivity index (χ1) is 16.6. The number of rotatable bonds is 8. The maximum atomic E-state index is 13.1. The highest BCUT2D eigenvalue weighted by Gasteiger charge is 2.37. The fraction of sp³-hybridized carbons (Fsp3) is 0.370. The number of amides is 1. The molecule has 3 aromatic rings. The van der Waals surface area contributed by atoms with Crippen molar-refractivity contribution in [2.75, 3.05) is 11.4 Å². The molecule has 5 rings (SSSR count). The second-order valence-corrected chi connectivity index (χ2v) is 9.15. The van der Waals surface area contributed by atoms with E-state index in [1.165, 1.54) is 11.0 Å². The Morgan fingerprint density at radius 1 is 1.12 bits per heavy atom.